The lowest BCUT2D eigenvalue weighted by Crippen LogP contribution is -1.98. The Labute approximate surface area is 84.2 Å². The van der Waals surface area contributed by atoms with Gasteiger partial charge in [0, 0.05) is 11.6 Å². The van der Waals surface area contributed by atoms with Crippen LogP contribution < -0.4 is 5.63 Å². The topological polar surface area (TPSA) is 56.0 Å². The van der Waals surface area contributed by atoms with Crippen molar-refractivity contribution in [2.24, 2.45) is 0 Å². The highest BCUT2D eigenvalue weighted by Crippen LogP contribution is 2.20. The molecule has 0 bridgehead atoms. The number of nitrogens with zero attached hydrogens (tertiary/aromatic N) is 2. The summed E-state index contributed by atoms with van der Waals surface area (Å²) in [5, 5.41) is 0.806. The van der Waals surface area contributed by atoms with Gasteiger partial charge in [-0.1, -0.05) is 0 Å². The van der Waals surface area contributed by atoms with E-state index in [9.17, 15) is 4.79 Å². The first kappa shape index (κ1) is 8.11. The molecule has 0 aliphatic carbocycles. The molecule has 72 valence electrons. The van der Waals surface area contributed by atoms with Gasteiger partial charge in [-0.3, -0.25) is 4.98 Å². The molecular weight excluding hydrogens is 192 g/mol. The Balaban J connectivity index is 2.63. The average Bonchev–Trinajstić information content (AvgIpc) is 2.29. The quantitative estimate of drug-likeness (QED) is 0.516. The molecule has 0 fully saturated rings. The van der Waals surface area contributed by atoms with Crippen LogP contribution in [0.3, 0.4) is 0 Å². The molecule has 0 N–H and O–H groups in total. The first-order valence-corrected chi connectivity index (χ1v) is 4.48. The second-order valence-corrected chi connectivity index (χ2v) is 3.16. The van der Waals surface area contributed by atoms with E-state index in [0.717, 1.165) is 10.9 Å². The van der Waals surface area contributed by atoms with Gasteiger partial charge < -0.3 is 4.42 Å². The van der Waals surface area contributed by atoms with Gasteiger partial charge in [0.1, 0.15) is 11.7 Å². The van der Waals surface area contributed by atoms with Gasteiger partial charge in [0.2, 0.25) is 0 Å². The van der Waals surface area contributed by atoms with Crippen molar-refractivity contribution >= 4 is 22.0 Å². The molecule has 0 unspecified atom stereocenters. The Bertz CT molecular complexity index is 703. The molecule has 0 radical (unpaired) electrons. The lowest BCUT2D eigenvalue weighted by molar-refractivity contribution is 0.558. The zero-order valence-electron chi connectivity index (χ0n) is 7.68. The van der Waals surface area contributed by atoms with Crippen molar-refractivity contribution in [3.8, 4) is 0 Å². The minimum atomic E-state index is -0.446. The summed E-state index contributed by atoms with van der Waals surface area (Å²) in [4.78, 5) is 19.2. The van der Waals surface area contributed by atoms with Crippen molar-refractivity contribution in [3.63, 3.8) is 0 Å². The van der Waals surface area contributed by atoms with E-state index in [4.69, 9.17) is 4.42 Å². The van der Waals surface area contributed by atoms with Crippen LogP contribution in [-0.4, -0.2) is 9.97 Å². The molecule has 2 aromatic heterocycles. The Kier molecular flexibility index (Phi) is 1.56. The summed E-state index contributed by atoms with van der Waals surface area (Å²) in [6, 6.07) is 7.29. The summed E-state index contributed by atoms with van der Waals surface area (Å²) in [5.74, 6) is 0. The van der Waals surface area contributed by atoms with Gasteiger partial charge in [0.25, 0.3) is 0 Å². The fourth-order valence-electron chi connectivity index (χ4n) is 1.57. The summed E-state index contributed by atoms with van der Waals surface area (Å²) < 4.78 is 5.12. The predicted octanol–water partition coefficient (Wildman–Crippen LogP) is 1.74. The first-order valence-electron chi connectivity index (χ1n) is 4.48. The Morgan fingerprint density at radius 2 is 1.93 bits per heavy atom. The van der Waals surface area contributed by atoms with E-state index in [1.165, 1.54) is 6.20 Å². The summed E-state index contributed by atoms with van der Waals surface area (Å²) in [6.07, 6.45) is 2.87. The third-order valence-corrected chi connectivity index (χ3v) is 2.23. The number of hydrogen-bond acceptors (Lipinski definition) is 4. The van der Waals surface area contributed by atoms with Crippen molar-refractivity contribution in [1.29, 1.82) is 0 Å². The van der Waals surface area contributed by atoms with Gasteiger partial charge in [-0.25, -0.2) is 9.78 Å². The number of benzene rings is 1. The highest BCUT2D eigenvalue weighted by atomic mass is 16.4. The smallest absolute Gasteiger partial charge is 0.354 e. The molecule has 0 amide bonds. The minimum absolute atomic E-state index is 0.446. The van der Waals surface area contributed by atoms with Gasteiger partial charge in [-0.15, -0.1) is 0 Å². The molecule has 0 aliphatic rings. The summed E-state index contributed by atoms with van der Waals surface area (Å²) >= 11 is 0. The first-order chi connectivity index (χ1) is 7.34. The van der Waals surface area contributed by atoms with Crippen LogP contribution in [0.1, 0.15) is 0 Å². The maximum absolute atomic E-state index is 11.1. The second kappa shape index (κ2) is 2.88. The molecule has 15 heavy (non-hydrogen) atoms. The highest BCUT2D eigenvalue weighted by molar-refractivity contribution is 6.00. The molecule has 0 atom stereocenters. The molecule has 2 heterocycles. The van der Waals surface area contributed by atoms with E-state index in [1.54, 1.807) is 18.3 Å². The van der Waals surface area contributed by atoms with E-state index >= 15 is 0 Å². The number of aromatic nitrogens is 2. The van der Waals surface area contributed by atoms with Gasteiger partial charge in [-0.05, 0) is 24.3 Å². The van der Waals surface area contributed by atoms with Crippen LogP contribution >= 0.6 is 0 Å². The van der Waals surface area contributed by atoms with Crippen molar-refractivity contribution < 1.29 is 4.42 Å². The van der Waals surface area contributed by atoms with Gasteiger partial charge in [0.15, 0.2) is 5.58 Å². The molecule has 3 rings (SSSR count). The maximum atomic E-state index is 11.1. The molecule has 0 saturated carbocycles. The van der Waals surface area contributed by atoms with Gasteiger partial charge in [0.05, 0.1) is 5.52 Å². The van der Waals surface area contributed by atoms with E-state index in [1.807, 2.05) is 12.1 Å². The third kappa shape index (κ3) is 1.19. The number of pyridine rings is 1. The molecule has 1 aromatic carbocycles. The van der Waals surface area contributed by atoms with Crippen LogP contribution in [0.25, 0.3) is 22.0 Å². The number of hydrogen-bond donors (Lipinski definition) is 0. The normalized spacial score (nSPS) is 10.9. The monoisotopic (exact) mass is 198 g/mol. The Morgan fingerprint density at radius 3 is 2.87 bits per heavy atom. The van der Waals surface area contributed by atoms with E-state index < -0.39 is 5.63 Å². The third-order valence-electron chi connectivity index (χ3n) is 2.23. The van der Waals surface area contributed by atoms with Crippen LogP contribution in [0.4, 0.5) is 0 Å². The molecule has 0 aliphatic heterocycles. The van der Waals surface area contributed by atoms with E-state index in [0.29, 0.717) is 11.1 Å². The van der Waals surface area contributed by atoms with Crippen LogP contribution in [0.5, 0.6) is 0 Å². The average molecular weight is 198 g/mol. The minimum Gasteiger partial charge on any atom is -0.419 e. The van der Waals surface area contributed by atoms with Gasteiger partial charge >= 0.3 is 5.63 Å². The van der Waals surface area contributed by atoms with Crippen LogP contribution in [0, 0.1) is 0 Å². The summed E-state index contributed by atoms with van der Waals surface area (Å²) in [7, 11) is 0. The van der Waals surface area contributed by atoms with Crippen LogP contribution in [-0.2, 0) is 0 Å². The van der Waals surface area contributed by atoms with E-state index in [-0.39, 0.29) is 0 Å². The van der Waals surface area contributed by atoms with Gasteiger partial charge in [-0.2, -0.15) is 0 Å². The zero-order valence-corrected chi connectivity index (χ0v) is 7.68. The molecule has 4 heteroatoms. The van der Waals surface area contributed by atoms with Crippen molar-refractivity contribution in [1.82, 2.24) is 9.97 Å². The number of fused-ring (bicyclic) bond motifs is 3. The fraction of sp³-hybridized carbons (Fsp3) is 0. The van der Waals surface area contributed by atoms with Crippen molar-refractivity contribution in [2.75, 3.05) is 0 Å². The lowest BCUT2D eigenvalue weighted by atomic mass is 10.2. The SMILES string of the molecule is O=c1cnc2ccc3ncccc3c2o1. The van der Waals surface area contributed by atoms with E-state index in [2.05, 4.69) is 9.97 Å². The predicted molar refractivity (Wildman–Crippen MR) is 55.6 cm³/mol. The highest BCUT2D eigenvalue weighted by Gasteiger charge is 2.03. The number of rotatable bonds is 0. The Morgan fingerprint density at radius 1 is 1.07 bits per heavy atom. The molecule has 0 saturated heterocycles. The molecule has 4 nitrogen and oxygen atoms in total. The largest absolute Gasteiger partial charge is 0.419 e. The molecule has 0 spiro atoms. The fourth-order valence-corrected chi connectivity index (χ4v) is 1.57. The van der Waals surface area contributed by atoms with Crippen molar-refractivity contribution in [2.45, 2.75) is 0 Å². The summed E-state index contributed by atoms with van der Waals surface area (Å²) in [5.41, 5.74) is 1.50. The van der Waals surface area contributed by atoms with Crippen molar-refractivity contribution in [3.05, 3.63) is 47.1 Å². The van der Waals surface area contributed by atoms with Crippen LogP contribution in [0.15, 0.2) is 45.9 Å². The second-order valence-electron chi connectivity index (χ2n) is 3.16. The molecule has 3 aromatic rings. The molecular formula is C11H6N2O2. The standard InChI is InChI=1S/C11H6N2O2/c14-10-6-13-9-4-3-8-7(11(9)15-10)2-1-5-12-8/h1-6H. The lowest BCUT2D eigenvalue weighted by Gasteiger charge is -1.99. The zero-order chi connectivity index (χ0) is 10.3. The maximum Gasteiger partial charge on any atom is 0.354 e. The van der Waals surface area contributed by atoms with Crippen LogP contribution in [0.2, 0.25) is 0 Å². The Hall–Kier alpha value is -2.23. The summed E-state index contributed by atoms with van der Waals surface area (Å²) in [6.45, 7) is 0.